The van der Waals surface area contributed by atoms with E-state index in [1.54, 1.807) is 18.2 Å². The van der Waals surface area contributed by atoms with Gasteiger partial charge in [-0.2, -0.15) is 0 Å². The fourth-order valence-electron chi connectivity index (χ4n) is 3.10. The van der Waals surface area contributed by atoms with Crippen molar-refractivity contribution in [2.75, 3.05) is 7.11 Å². The number of nitrogens with zero attached hydrogens (tertiary/aromatic N) is 2. The fourth-order valence-corrected chi connectivity index (χ4v) is 3.29. The molecule has 3 aromatic rings. The summed E-state index contributed by atoms with van der Waals surface area (Å²) in [7, 11) is 1.52. The molecule has 0 radical (unpaired) electrons. The molecule has 0 amide bonds. The van der Waals surface area contributed by atoms with Crippen LogP contribution in [0.5, 0.6) is 11.5 Å². The summed E-state index contributed by atoms with van der Waals surface area (Å²) in [5.41, 5.74) is 1.66. The highest BCUT2D eigenvalue weighted by atomic mass is 35.5. The maximum Gasteiger partial charge on any atom is 0.363 e. The van der Waals surface area contributed by atoms with Gasteiger partial charge in [0.1, 0.15) is 11.6 Å². The van der Waals surface area contributed by atoms with Crippen molar-refractivity contribution in [2.24, 2.45) is 4.99 Å². The summed E-state index contributed by atoms with van der Waals surface area (Å²) >= 11 is 5.84. The number of nitro groups is 1. The Labute approximate surface area is 193 Å². The molecule has 0 bridgehead atoms. The second-order valence-corrected chi connectivity index (χ2v) is 7.35. The number of carbonyl (C=O) groups excluding carboxylic acids is 1. The van der Waals surface area contributed by atoms with Crippen LogP contribution in [0.3, 0.4) is 0 Å². The molecular weight excluding hydrogens is 448 g/mol. The number of benzene rings is 3. The third kappa shape index (κ3) is 5.02. The van der Waals surface area contributed by atoms with Crippen LogP contribution in [0.25, 0.3) is 6.08 Å². The van der Waals surface area contributed by atoms with Crippen LogP contribution >= 0.6 is 11.6 Å². The van der Waals surface area contributed by atoms with Gasteiger partial charge < -0.3 is 14.2 Å². The van der Waals surface area contributed by atoms with Crippen LogP contribution in [-0.2, 0) is 16.1 Å². The van der Waals surface area contributed by atoms with E-state index in [-0.39, 0.29) is 27.9 Å². The lowest BCUT2D eigenvalue weighted by molar-refractivity contribution is -0.384. The molecule has 0 aromatic heterocycles. The van der Waals surface area contributed by atoms with Crippen molar-refractivity contribution in [3.05, 3.63) is 104 Å². The summed E-state index contributed by atoms with van der Waals surface area (Å²) in [5.74, 6) is 0.325. The molecule has 166 valence electrons. The second-order valence-electron chi connectivity index (χ2n) is 6.94. The highest BCUT2D eigenvalue weighted by Crippen LogP contribution is 2.31. The van der Waals surface area contributed by atoms with Gasteiger partial charge in [-0.25, -0.2) is 9.79 Å². The van der Waals surface area contributed by atoms with Gasteiger partial charge in [0.2, 0.25) is 5.90 Å². The van der Waals surface area contributed by atoms with Crippen LogP contribution in [0, 0.1) is 10.1 Å². The number of esters is 1. The third-order valence-electron chi connectivity index (χ3n) is 4.74. The molecule has 4 rings (SSSR count). The highest BCUT2D eigenvalue weighted by molar-refractivity contribution is 6.32. The minimum Gasteiger partial charge on any atom is -0.493 e. The van der Waals surface area contributed by atoms with Crippen LogP contribution in [0.4, 0.5) is 5.69 Å². The first-order valence-electron chi connectivity index (χ1n) is 9.76. The predicted molar refractivity (Wildman–Crippen MR) is 122 cm³/mol. The minimum absolute atomic E-state index is 0.0221. The molecule has 0 saturated heterocycles. The maximum atomic E-state index is 12.3. The van der Waals surface area contributed by atoms with Crippen molar-refractivity contribution in [3.63, 3.8) is 0 Å². The van der Waals surface area contributed by atoms with E-state index in [1.807, 2.05) is 30.3 Å². The Morgan fingerprint density at radius 3 is 2.61 bits per heavy atom. The maximum absolute atomic E-state index is 12.3. The number of hydrogen-bond acceptors (Lipinski definition) is 7. The van der Waals surface area contributed by atoms with Crippen molar-refractivity contribution < 1.29 is 23.9 Å². The Hall–Kier alpha value is -4.17. The van der Waals surface area contributed by atoms with Gasteiger partial charge >= 0.3 is 5.97 Å². The van der Waals surface area contributed by atoms with Crippen molar-refractivity contribution in [1.82, 2.24) is 0 Å². The second kappa shape index (κ2) is 9.54. The number of nitro benzene ring substituents is 1. The van der Waals surface area contributed by atoms with Crippen molar-refractivity contribution in [2.45, 2.75) is 6.61 Å². The number of rotatable bonds is 7. The van der Waals surface area contributed by atoms with E-state index >= 15 is 0 Å². The van der Waals surface area contributed by atoms with Gasteiger partial charge in [-0.3, -0.25) is 10.1 Å². The zero-order valence-electron chi connectivity index (χ0n) is 17.4. The molecule has 1 heterocycles. The van der Waals surface area contributed by atoms with Crippen LogP contribution in [0.15, 0.2) is 77.4 Å². The number of halogens is 1. The lowest BCUT2D eigenvalue weighted by Gasteiger charge is -2.11. The van der Waals surface area contributed by atoms with Gasteiger partial charge in [0.25, 0.3) is 5.69 Å². The standard InChI is InChI=1S/C24H17ClN2O6/c1-31-22-12-16(7-10-21(22)32-14-15-5-3-2-4-6-15)11-19-24(28)33-23(26-19)17-8-9-18(25)20(13-17)27(29)30/h2-13H,14H2,1H3/b19-11-. The van der Waals surface area contributed by atoms with E-state index in [0.717, 1.165) is 5.56 Å². The Morgan fingerprint density at radius 1 is 1.09 bits per heavy atom. The summed E-state index contributed by atoms with van der Waals surface area (Å²) < 4.78 is 16.5. The van der Waals surface area contributed by atoms with Crippen molar-refractivity contribution in [3.8, 4) is 11.5 Å². The number of ether oxygens (including phenoxy) is 3. The van der Waals surface area contributed by atoms with Crippen LogP contribution < -0.4 is 9.47 Å². The summed E-state index contributed by atoms with van der Waals surface area (Å²) in [6, 6.07) is 19.0. The Balaban J connectivity index is 1.57. The summed E-state index contributed by atoms with van der Waals surface area (Å²) in [6.45, 7) is 0.380. The van der Waals surface area contributed by atoms with Gasteiger partial charge in [-0.15, -0.1) is 0 Å². The monoisotopic (exact) mass is 464 g/mol. The summed E-state index contributed by atoms with van der Waals surface area (Å²) in [4.78, 5) is 27.0. The number of methoxy groups -OCH3 is 1. The molecule has 0 aliphatic carbocycles. The van der Waals surface area contributed by atoms with Gasteiger partial charge in [0.15, 0.2) is 17.2 Å². The molecule has 0 saturated carbocycles. The van der Waals surface area contributed by atoms with E-state index in [2.05, 4.69) is 4.99 Å². The predicted octanol–water partition coefficient (Wildman–Crippen LogP) is 5.18. The molecule has 0 spiro atoms. The normalized spacial score (nSPS) is 14.1. The van der Waals surface area contributed by atoms with Gasteiger partial charge in [0.05, 0.1) is 12.0 Å². The zero-order chi connectivity index (χ0) is 23.4. The average molecular weight is 465 g/mol. The first kappa shape index (κ1) is 22.0. The molecule has 0 unspecified atom stereocenters. The number of hydrogen-bond donors (Lipinski definition) is 0. The van der Waals surface area contributed by atoms with Gasteiger partial charge in [-0.05, 0) is 41.5 Å². The largest absolute Gasteiger partial charge is 0.493 e. The number of aliphatic imine (C=N–C) groups is 1. The van der Waals surface area contributed by atoms with E-state index in [4.69, 9.17) is 25.8 Å². The SMILES string of the molecule is COc1cc(/C=C2\N=C(c3ccc(Cl)c([N+](=O)[O-])c3)OC2=O)ccc1OCc1ccccc1. The van der Waals surface area contributed by atoms with Gasteiger partial charge in [0, 0.05) is 11.6 Å². The topological polar surface area (TPSA) is 100 Å². The van der Waals surface area contributed by atoms with E-state index < -0.39 is 10.9 Å². The third-order valence-corrected chi connectivity index (χ3v) is 5.06. The number of cyclic esters (lactones) is 1. The Bertz CT molecular complexity index is 1290. The molecule has 1 aliphatic rings. The molecule has 0 fully saturated rings. The van der Waals surface area contributed by atoms with Crippen LogP contribution in [-0.4, -0.2) is 23.9 Å². The average Bonchev–Trinajstić information content (AvgIpc) is 3.18. The van der Waals surface area contributed by atoms with E-state index in [9.17, 15) is 14.9 Å². The van der Waals surface area contributed by atoms with Crippen molar-refractivity contribution >= 4 is 35.2 Å². The first-order valence-corrected chi connectivity index (χ1v) is 10.1. The molecule has 0 atom stereocenters. The lowest BCUT2D eigenvalue weighted by Crippen LogP contribution is -2.06. The quantitative estimate of drug-likeness (QED) is 0.207. The van der Waals surface area contributed by atoms with E-state index in [0.29, 0.717) is 23.7 Å². The Kier molecular flexibility index (Phi) is 6.37. The summed E-state index contributed by atoms with van der Waals surface area (Å²) in [6.07, 6.45) is 1.53. The van der Waals surface area contributed by atoms with Crippen LogP contribution in [0.1, 0.15) is 16.7 Å². The lowest BCUT2D eigenvalue weighted by atomic mass is 10.1. The minimum atomic E-state index is -0.675. The van der Waals surface area contributed by atoms with Crippen molar-refractivity contribution in [1.29, 1.82) is 0 Å². The molecule has 1 aliphatic heterocycles. The molecular formula is C24H17ClN2O6. The highest BCUT2D eigenvalue weighted by Gasteiger charge is 2.26. The summed E-state index contributed by atoms with van der Waals surface area (Å²) in [5, 5.41) is 11.1. The van der Waals surface area contributed by atoms with E-state index in [1.165, 1.54) is 31.4 Å². The first-order chi connectivity index (χ1) is 15.9. The number of carbonyl (C=O) groups is 1. The Morgan fingerprint density at radius 2 is 1.88 bits per heavy atom. The molecule has 3 aromatic carbocycles. The molecule has 9 heteroatoms. The zero-order valence-corrected chi connectivity index (χ0v) is 18.1. The fraction of sp³-hybridized carbons (Fsp3) is 0.0833. The van der Waals surface area contributed by atoms with Crippen LogP contribution in [0.2, 0.25) is 5.02 Å². The molecule has 33 heavy (non-hydrogen) atoms. The molecule has 8 nitrogen and oxygen atoms in total. The molecule has 0 N–H and O–H groups in total. The van der Waals surface area contributed by atoms with Gasteiger partial charge in [-0.1, -0.05) is 48.0 Å². The smallest absolute Gasteiger partial charge is 0.363 e.